The highest BCUT2D eigenvalue weighted by molar-refractivity contribution is 6.29. The summed E-state index contributed by atoms with van der Waals surface area (Å²) in [6, 6.07) is 4.82. The van der Waals surface area contributed by atoms with Gasteiger partial charge >= 0.3 is 0 Å². The zero-order chi connectivity index (χ0) is 14.5. The molecule has 6 nitrogen and oxygen atoms in total. The minimum atomic E-state index is -0.416. The van der Waals surface area contributed by atoms with Crippen LogP contribution in [0.5, 0.6) is 0 Å². The summed E-state index contributed by atoms with van der Waals surface area (Å²) >= 11 is 5.74. The average Bonchev–Trinajstić information content (AvgIpc) is 2.47. The highest BCUT2D eigenvalue weighted by atomic mass is 35.5. The third-order valence-electron chi connectivity index (χ3n) is 2.68. The number of carbonyl (C=O) groups is 1. The smallest absolute Gasteiger partial charge is 0.276 e. The molecule has 0 aromatic carbocycles. The maximum atomic E-state index is 12.0. The van der Waals surface area contributed by atoms with Gasteiger partial charge in [-0.1, -0.05) is 31.5 Å². The van der Waals surface area contributed by atoms with E-state index in [0.717, 1.165) is 24.2 Å². The molecule has 20 heavy (non-hydrogen) atoms. The lowest BCUT2D eigenvalue weighted by Gasteiger charge is -2.06. The van der Waals surface area contributed by atoms with Crippen molar-refractivity contribution in [1.82, 2.24) is 20.2 Å². The van der Waals surface area contributed by atoms with Gasteiger partial charge in [0.25, 0.3) is 5.91 Å². The average molecular weight is 292 g/mol. The number of pyridine rings is 1. The molecular formula is C13H14ClN5O. The summed E-state index contributed by atoms with van der Waals surface area (Å²) in [6.45, 7) is 3.96. The molecule has 1 amide bonds. The first-order valence-corrected chi connectivity index (χ1v) is 6.68. The van der Waals surface area contributed by atoms with Gasteiger partial charge in [0.05, 0.1) is 11.4 Å². The van der Waals surface area contributed by atoms with E-state index in [1.54, 1.807) is 18.2 Å². The number of aromatic nitrogens is 4. The molecule has 0 radical (unpaired) electrons. The molecule has 0 aliphatic heterocycles. The molecule has 1 N–H and O–H groups in total. The maximum Gasteiger partial charge on any atom is 0.276 e. The minimum Gasteiger partial charge on any atom is -0.288 e. The first-order chi connectivity index (χ1) is 9.63. The van der Waals surface area contributed by atoms with E-state index in [0.29, 0.717) is 0 Å². The van der Waals surface area contributed by atoms with Crippen LogP contribution < -0.4 is 5.32 Å². The summed E-state index contributed by atoms with van der Waals surface area (Å²) in [7, 11) is 0. The quantitative estimate of drug-likeness (QED) is 0.874. The van der Waals surface area contributed by atoms with Gasteiger partial charge in [-0.25, -0.2) is 9.97 Å². The zero-order valence-electron chi connectivity index (χ0n) is 11.2. The first-order valence-electron chi connectivity index (χ1n) is 6.30. The molecule has 2 aromatic rings. The van der Waals surface area contributed by atoms with Crippen LogP contribution in [0.2, 0.25) is 5.15 Å². The Morgan fingerprint density at radius 3 is 2.55 bits per heavy atom. The lowest BCUT2D eigenvalue weighted by molar-refractivity contribution is 0.102. The lowest BCUT2D eigenvalue weighted by atomic mass is 10.2. The van der Waals surface area contributed by atoms with E-state index in [1.807, 2.05) is 13.8 Å². The molecule has 0 unspecified atom stereocenters. The second-order valence-electron chi connectivity index (χ2n) is 4.04. The molecular weight excluding hydrogens is 278 g/mol. The van der Waals surface area contributed by atoms with E-state index in [2.05, 4.69) is 25.5 Å². The van der Waals surface area contributed by atoms with Crippen LogP contribution in [0.3, 0.4) is 0 Å². The molecule has 0 fully saturated rings. The van der Waals surface area contributed by atoms with Crippen LogP contribution in [0.15, 0.2) is 18.2 Å². The van der Waals surface area contributed by atoms with Crippen molar-refractivity contribution >= 4 is 23.5 Å². The third-order valence-corrected chi connectivity index (χ3v) is 2.89. The fraction of sp³-hybridized carbons (Fsp3) is 0.308. The highest BCUT2D eigenvalue weighted by Gasteiger charge is 2.12. The number of aryl methyl sites for hydroxylation is 2. The molecule has 2 aromatic heterocycles. The summed E-state index contributed by atoms with van der Waals surface area (Å²) < 4.78 is 0. The second-order valence-corrected chi connectivity index (χ2v) is 4.42. The standard InChI is InChI=1S/C13H14ClN5O/c1-3-8-9(4-2)18-19-13(16-8)17-12(20)10-6-5-7-11(14)15-10/h5-7H,3-4H2,1-2H3,(H,16,17,19,20). The van der Waals surface area contributed by atoms with Crippen molar-refractivity contribution in [3.63, 3.8) is 0 Å². The van der Waals surface area contributed by atoms with Crippen LogP contribution >= 0.6 is 11.6 Å². The molecule has 0 aliphatic carbocycles. The molecule has 2 heterocycles. The SMILES string of the molecule is CCc1nnc(NC(=O)c2cccc(Cl)n2)nc1CC. The van der Waals surface area contributed by atoms with Crippen molar-refractivity contribution < 1.29 is 4.79 Å². The van der Waals surface area contributed by atoms with Crippen LogP contribution in [0.4, 0.5) is 5.95 Å². The number of nitrogens with zero attached hydrogens (tertiary/aromatic N) is 4. The van der Waals surface area contributed by atoms with Gasteiger partial charge in [-0.2, -0.15) is 0 Å². The Kier molecular flexibility index (Phi) is 4.57. The van der Waals surface area contributed by atoms with E-state index < -0.39 is 5.91 Å². The Bertz CT molecular complexity index is 632. The Morgan fingerprint density at radius 2 is 1.90 bits per heavy atom. The number of carbonyl (C=O) groups excluding carboxylic acids is 1. The van der Waals surface area contributed by atoms with Crippen molar-refractivity contribution in [3.8, 4) is 0 Å². The van der Waals surface area contributed by atoms with Gasteiger partial charge in [-0.3, -0.25) is 10.1 Å². The van der Waals surface area contributed by atoms with Gasteiger partial charge in [-0.15, -0.1) is 10.2 Å². The van der Waals surface area contributed by atoms with Crippen molar-refractivity contribution in [3.05, 3.63) is 40.4 Å². The number of amides is 1. The number of anilines is 1. The Hall–Kier alpha value is -2.08. The molecule has 0 aliphatic rings. The summed E-state index contributed by atoms with van der Waals surface area (Å²) in [5, 5.41) is 10.8. The van der Waals surface area contributed by atoms with Crippen LogP contribution in [-0.4, -0.2) is 26.1 Å². The number of hydrogen-bond acceptors (Lipinski definition) is 5. The number of rotatable bonds is 4. The summed E-state index contributed by atoms with van der Waals surface area (Å²) in [4.78, 5) is 20.2. The topological polar surface area (TPSA) is 80.7 Å². The fourth-order valence-corrected chi connectivity index (χ4v) is 1.86. The largest absolute Gasteiger partial charge is 0.288 e. The molecule has 0 saturated heterocycles. The highest BCUT2D eigenvalue weighted by Crippen LogP contribution is 2.09. The van der Waals surface area contributed by atoms with Gasteiger partial charge in [0.1, 0.15) is 10.8 Å². The van der Waals surface area contributed by atoms with E-state index in [4.69, 9.17) is 11.6 Å². The van der Waals surface area contributed by atoms with Gasteiger partial charge in [0.15, 0.2) is 0 Å². The van der Waals surface area contributed by atoms with E-state index in [1.165, 1.54) is 0 Å². The van der Waals surface area contributed by atoms with E-state index >= 15 is 0 Å². The minimum absolute atomic E-state index is 0.172. The molecule has 2 rings (SSSR count). The fourth-order valence-electron chi connectivity index (χ4n) is 1.69. The van der Waals surface area contributed by atoms with Crippen LogP contribution in [-0.2, 0) is 12.8 Å². The summed E-state index contributed by atoms with van der Waals surface area (Å²) in [6.07, 6.45) is 1.49. The molecule has 7 heteroatoms. The number of halogens is 1. The van der Waals surface area contributed by atoms with Gasteiger partial charge in [0.2, 0.25) is 5.95 Å². The zero-order valence-corrected chi connectivity index (χ0v) is 12.0. The van der Waals surface area contributed by atoms with Crippen LogP contribution in [0.1, 0.15) is 35.7 Å². The monoisotopic (exact) mass is 291 g/mol. The van der Waals surface area contributed by atoms with Gasteiger partial charge < -0.3 is 0 Å². The van der Waals surface area contributed by atoms with Gasteiger partial charge in [0, 0.05) is 0 Å². The van der Waals surface area contributed by atoms with E-state index in [9.17, 15) is 4.79 Å². The lowest BCUT2D eigenvalue weighted by Crippen LogP contribution is -2.17. The number of nitrogens with one attached hydrogen (secondary N) is 1. The van der Waals surface area contributed by atoms with Gasteiger partial charge in [-0.05, 0) is 25.0 Å². The molecule has 0 bridgehead atoms. The van der Waals surface area contributed by atoms with Crippen molar-refractivity contribution in [2.45, 2.75) is 26.7 Å². The summed E-state index contributed by atoms with van der Waals surface area (Å²) in [5.74, 6) is -0.244. The molecule has 0 atom stereocenters. The van der Waals surface area contributed by atoms with E-state index in [-0.39, 0.29) is 16.8 Å². The predicted molar refractivity (Wildman–Crippen MR) is 75.8 cm³/mol. The van der Waals surface area contributed by atoms with Crippen molar-refractivity contribution in [2.24, 2.45) is 0 Å². The molecule has 0 saturated carbocycles. The summed E-state index contributed by atoms with van der Waals surface area (Å²) in [5.41, 5.74) is 1.88. The van der Waals surface area contributed by atoms with Crippen LogP contribution in [0.25, 0.3) is 0 Å². The Labute approximate surface area is 121 Å². The number of hydrogen-bond donors (Lipinski definition) is 1. The normalized spacial score (nSPS) is 10.3. The first kappa shape index (κ1) is 14.3. The molecule has 104 valence electrons. The predicted octanol–water partition coefficient (Wildman–Crippen LogP) is 2.30. The van der Waals surface area contributed by atoms with Crippen molar-refractivity contribution in [1.29, 1.82) is 0 Å². The maximum absolute atomic E-state index is 12.0. The van der Waals surface area contributed by atoms with Crippen molar-refractivity contribution in [2.75, 3.05) is 5.32 Å². The second kappa shape index (κ2) is 6.38. The Morgan fingerprint density at radius 1 is 1.15 bits per heavy atom. The Balaban J connectivity index is 2.19. The van der Waals surface area contributed by atoms with Crippen LogP contribution in [0, 0.1) is 0 Å². The third kappa shape index (κ3) is 3.27. The molecule has 0 spiro atoms.